The van der Waals surface area contributed by atoms with Crippen molar-refractivity contribution in [2.75, 3.05) is 0 Å². The number of hydrogen-bond donors (Lipinski definition) is 2. The number of carboxylic acid groups (broad SMARTS) is 1. The first kappa shape index (κ1) is 10.1. The molecular formula is C11H10N2O4. The molecule has 2 aromatic heterocycles. The molecule has 0 aromatic carbocycles. The van der Waals surface area contributed by atoms with E-state index in [4.69, 9.17) is 19.7 Å². The summed E-state index contributed by atoms with van der Waals surface area (Å²) in [6, 6.07) is 1.14. The van der Waals surface area contributed by atoms with Crippen molar-refractivity contribution in [2.24, 2.45) is 5.73 Å². The highest BCUT2D eigenvalue weighted by molar-refractivity contribution is 5.86. The molecule has 3 N–H and O–H groups in total. The summed E-state index contributed by atoms with van der Waals surface area (Å²) >= 11 is 0. The third-order valence-corrected chi connectivity index (χ3v) is 2.79. The van der Waals surface area contributed by atoms with E-state index < -0.39 is 5.97 Å². The quantitative estimate of drug-likeness (QED) is 0.775. The number of aromatic nitrogens is 1. The van der Waals surface area contributed by atoms with Crippen molar-refractivity contribution < 1.29 is 18.7 Å². The summed E-state index contributed by atoms with van der Waals surface area (Å²) < 4.78 is 10.7. The van der Waals surface area contributed by atoms with Crippen molar-refractivity contribution in [3.05, 3.63) is 29.0 Å². The van der Waals surface area contributed by atoms with Crippen LogP contribution in [0.4, 0.5) is 0 Å². The summed E-state index contributed by atoms with van der Waals surface area (Å²) in [6.07, 6.45) is 0.526. The number of nitrogens with two attached hydrogens (primary N) is 1. The first-order valence-electron chi connectivity index (χ1n) is 5.15. The van der Waals surface area contributed by atoms with Crippen LogP contribution in [-0.4, -0.2) is 16.1 Å². The first-order valence-corrected chi connectivity index (χ1v) is 5.15. The van der Waals surface area contributed by atoms with Gasteiger partial charge in [-0.05, 0) is 6.07 Å². The standard InChI is InChI=1S/C11H10N2O4/c1-4-13-7-3-6(12)5-2-8(11(14)15)17-9(5)10(7)16-4/h2,6H,3,12H2,1H3,(H,14,15). The van der Waals surface area contributed by atoms with E-state index in [0.29, 0.717) is 35.1 Å². The van der Waals surface area contributed by atoms with E-state index in [1.54, 1.807) is 6.92 Å². The Balaban J connectivity index is 2.23. The lowest BCUT2D eigenvalue weighted by Gasteiger charge is -2.14. The van der Waals surface area contributed by atoms with Gasteiger partial charge in [0.05, 0.1) is 5.69 Å². The maximum Gasteiger partial charge on any atom is 0.371 e. The first-order chi connectivity index (χ1) is 8.06. The van der Waals surface area contributed by atoms with E-state index in [9.17, 15) is 4.79 Å². The van der Waals surface area contributed by atoms with Gasteiger partial charge in [0.15, 0.2) is 17.4 Å². The number of oxazole rings is 1. The second kappa shape index (κ2) is 3.21. The third kappa shape index (κ3) is 1.38. The van der Waals surface area contributed by atoms with Gasteiger partial charge in [-0.25, -0.2) is 9.78 Å². The number of nitrogens with zero attached hydrogens (tertiary/aromatic N) is 1. The van der Waals surface area contributed by atoms with Crippen LogP contribution in [-0.2, 0) is 6.42 Å². The molecule has 0 saturated carbocycles. The summed E-state index contributed by atoms with van der Waals surface area (Å²) in [5.74, 6) is 0.142. The van der Waals surface area contributed by atoms with Crippen molar-refractivity contribution in [2.45, 2.75) is 19.4 Å². The fourth-order valence-electron chi connectivity index (χ4n) is 2.07. The van der Waals surface area contributed by atoms with Crippen molar-refractivity contribution in [3.8, 4) is 11.5 Å². The van der Waals surface area contributed by atoms with E-state index in [-0.39, 0.29) is 11.8 Å². The molecule has 1 atom stereocenters. The van der Waals surface area contributed by atoms with Crippen LogP contribution in [0.3, 0.4) is 0 Å². The second-order valence-electron chi connectivity index (χ2n) is 4.02. The van der Waals surface area contributed by atoms with E-state index in [1.807, 2.05) is 0 Å². The number of aromatic carboxylic acids is 1. The molecule has 2 heterocycles. The molecule has 1 aliphatic rings. The predicted octanol–water partition coefficient (Wildman–Crippen LogP) is 1.50. The maximum atomic E-state index is 10.9. The second-order valence-corrected chi connectivity index (χ2v) is 4.02. The van der Waals surface area contributed by atoms with Gasteiger partial charge in [-0.1, -0.05) is 0 Å². The van der Waals surface area contributed by atoms with Crippen LogP contribution in [0.2, 0.25) is 0 Å². The fourth-order valence-corrected chi connectivity index (χ4v) is 2.07. The lowest BCUT2D eigenvalue weighted by Crippen LogP contribution is -2.17. The molecule has 0 aliphatic heterocycles. The van der Waals surface area contributed by atoms with Gasteiger partial charge in [0.1, 0.15) is 0 Å². The maximum absolute atomic E-state index is 10.9. The van der Waals surface area contributed by atoms with Crippen molar-refractivity contribution in [1.82, 2.24) is 4.98 Å². The van der Waals surface area contributed by atoms with Gasteiger partial charge in [-0.15, -0.1) is 0 Å². The highest BCUT2D eigenvalue weighted by Gasteiger charge is 2.32. The van der Waals surface area contributed by atoms with Crippen LogP contribution >= 0.6 is 0 Å². The largest absolute Gasteiger partial charge is 0.475 e. The normalized spacial score (nSPS) is 17.6. The zero-order valence-electron chi connectivity index (χ0n) is 9.06. The molecule has 6 heteroatoms. The molecule has 1 aliphatic carbocycles. The molecule has 0 radical (unpaired) electrons. The lowest BCUT2D eigenvalue weighted by atomic mass is 9.95. The summed E-state index contributed by atoms with van der Waals surface area (Å²) in [4.78, 5) is 15.1. The number of fused-ring (bicyclic) bond motifs is 3. The number of aryl methyl sites for hydroxylation is 1. The molecule has 1 unspecified atom stereocenters. The predicted molar refractivity (Wildman–Crippen MR) is 56.5 cm³/mol. The van der Waals surface area contributed by atoms with E-state index in [1.165, 1.54) is 6.07 Å². The Morgan fingerprint density at radius 1 is 1.53 bits per heavy atom. The minimum atomic E-state index is -1.12. The highest BCUT2D eigenvalue weighted by Crippen LogP contribution is 2.39. The zero-order chi connectivity index (χ0) is 12.2. The average molecular weight is 234 g/mol. The molecular weight excluding hydrogens is 224 g/mol. The summed E-state index contributed by atoms with van der Waals surface area (Å²) in [5.41, 5.74) is 7.32. The summed E-state index contributed by atoms with van der Waals surface area (Å²) in [7, 11) is 0. The Morgan fingerprint density at radius 3 is 3.00 bits per heavy atom. The average Bonchev–Trinajstić information content (AvgIpc) is 2.80. The Bertz CT molecular complexity index is 611. The molecule has 3 rings (SSSR count). The van der Waals surface area contributed by atoms with Crippen molar-refractivity contribution in [1.29, 1.82) is 0 Å². The van der Waals surface area contributed by atoms with Gasteiger partial charge in [-0.2, -0.15) is 0 Å². The van der Waals surface area contributed by atoms with Crippen LogP contribution in [0.25, 0.3) is 11.5 Å². The van der Waals surface area contributed by atoms with Crippen LogP contribution in [0, 0.1) is 6.92 Å². The fraction of sp³-hybridized carbons (Fsp3) is 0.273. The van der Waals surface area contributed by atoms with Crippen molar-refractivity contribution in [3.63, 3.8) is 0 Å². The van der Waals surface area contributed by atoms with E-state index >= 15 is 0 Å². The Hall–Kier alpha value is -2.08. The van der Waals surface area contributed by atoms with E-state index in [0.717, 1.165) is 0 Å². The van der Waals surface area contributed by atoms with Crippen molar-refractivity contribution >= 4 is 5.97 Å². The molecule has 0 bridgehead atoms. The smallest absolute Gasteiger partial charge is 0.371 e. The topological polar surface area (TPSA) is 102 Å². The molecule has 0 saturated heterocycles. The van der Waals surface area contributed by atoms with Crippen LogP contribution < -0.4 is 5.73 Å². The van der Waals surface area contributed by atoms with Crippen LogP contribution in [0.5, 0.6) is 0 Å². The molecule has 6 nitrogen and oxygen atoms in total. The summed E-state index contributed by atoms with van der Waals surface area (Å²) in [6.45, 7) is 1.73. The Labute approximate surface area is 96.0 Å². The molecule has 0 amide bonds. The molecule has 88 valence electrons. The van der Waals surface area contributed by atoms with Gasteiger partial charge >= 0.3 is 5.97 Å². The summed E-state index contributed by atoms with van der Waals surface area (Å²) in [5, 5.41) is 8.89. The third-order valence-electron chi connectivity index (χ3n) is 2.79. The minimum absolute atomic E-state index is 0.132. The lowest BCUT2D eigenvalue weighted by molar-refractivity contribution is 0.0663. The SMILES string of the molecule is Cc1nc2c(o1)-c1oc(C(=O)O)cc1C(N)C2. The molecule has 0 fully saturated rings. The Morgan fingerprint density at radius 2 is 2.29 bits per heavy atom. The monoisotopic (exact) mass is 234 g/mol. The van der Waals surface area contributed by atoms with Gasteiger partial charge in [-0.3, -0.25) is 0 Å². The van der Waals surface area contributed by atoms with Gasteiger partial charge in [0.2, 0.25) is 5.76 Å². The number of carbonyl (C=O) groups is 1. The number of carboxylic acids is 1. The van der Waals surface area contributed by atoms with Gasteiger partial charge in [0, 0.05) is 24.9 Å². The number of furan rings is 1. The Kier molecular flexibility index (Phi) is 1.90. The van der Waals surface area contributed by atoms with Gasteiger partial charge in [0.25, 0.3) is 0 Å². The van der Waals surface area contributed by atoms with E-state index in [2.05, 4.69) is 4.98 Å². The van der Waals surface area contributed by atoms with Crippen LogP contribution in [0.1, 0.15) is 33.7 Å². The number of rotatable bonds is 1. The molecule has 17 heavy (non-hydrogen) atoms. The zero-order valence-corrected chi connectivity index (χ0v) is 9.06. The molecule has 2 aromatic rings. The highest BCUT2D eigenvalue weighted by atomic mass is 16.4. The van der Waals surface area contributed by atoms with Crippen LogP contribution in [0.15, 0.2) is 14.9 Å². The minimum Gasteiger partial charge on any atom is -0.475 e. The van der Waals surface area contributed by atoms with Gasteiger partial charge < -0.3 is 19.7 Å². The molecule has 0 spiro atoms. The number of hydrogen-bond acceptors (Lipinski definition) is 5.